The SMILES string of the molecule is CC(C)(C)c1cc(-c2c3cc4c5ccccc5c5cccc(c3c(-c3ccc6ccccc6c3)c3c6cccc7cccc(c23)c76)c54)cc(C(C)(C)C)c1. The molecule has 0 saturated carbocycles. The number of rotatable bonds is 2. The van der Waals surface area contributed by atoms with Crippen LogP contribution in [-0.2, 0) is 10.8 Å². The van der Waals surface area contributed by atoms with Gasteiger partial charge in [-0.2, -0.15) is 0 Å². The average molecular weight is 691 g/mol. The summed E-state index contributed by atoms with van der Waals surface area (Å²) in [4.78, 5) is 0. The van der Waals surface area contributed by atoms with Gasteiger partial charge in [0.1, 0.15) is 0 Å². The second-order valence-corrected chi connectivity index (χ2v) is 17.7. The Morgan fingerprint density at radius 1 is 0.278 bits per heavy atom. The van der Waals surface area contributed by atoms with E-state index in [9.17, 15) is 0 Å². The van der Waals surface area contributed by atoms with Crippen molar-refractivity contribution < 1.29 is 0 Å². The highest BCUT2D eigenvalue weighted by Crippen LogP contribution is 2.55. The molecule has 0 unspecified atom stereocenters. The Morgan fingerprint density at radius 3 is 1.46 bits per heavy atom. The zero-order valence-corrected chi connectivity index (χ0v) is 31.9. The Morgan fingerprint density at radius 2 is 0.796 bits per heavy atom. The second-order valence-electron chi connectivity index (χ2n) is 17.7. The minimum Gasteiger partial charge on any atom is -0.0616 e. The van der Waals surface area contributed by atoms with Crippen LogP contribution in [0.2, 0.25) is 0 Å². The molecule has 11 aromatic rings. The predicted molar refractivity (Wildman–Crippen MR) is 237 cm³/mol. The Labute approximate surface area is 316 Å². The quantitative estimate of drug-likeness (QED) is 0.158. The van der Waals surface area contributed by atoms with Crippen LogP contribution in [0.15, 0.2) is 146 Å². The van der Waals surface area contributed by atoms with E-state index >= 15 is 0 Å². The maximum atomic E-state index is 2.57. The van der Waals surface area contributed by atoms with Gasteiger partial charge in [-0.3, -0.25) is 0 Å². The van der Waals surface area contributed by atoms with Crippen LogP contribution in [0.3, 0.4) is 0 Å². The summed E-state index contributed by atoms with van der Waals surface area (Å²) in [5.41, 5.74) is 7.96. The lowest BCUT2D eigenvalue weighted by molar-refractivity contribution is 0.569. The van der Waals surface area contributed by atoms with E-state index in [1.165, 1.54) is 120 Å². The molecule has 0 saturated heterocycles. The maximum absolute atomic E-state index is 2.57. The van der Waals surface area contributed by atoms with Crippen molar-refractivity contribution in [1.29, 1.82) is 0 Å². The fourth-order valence-electron chi connectivity index (χ4n) is 9.72. The number of benzene rings is 9. The van der Waals surface area contributed by atoms with Crippen molar-refractivity contribution in [3.8, 4) is 22.3 Å². The number of hydrogen-bond acceptors (Lipinski definition) is 0. The second kappa shape index (κ2) is 10.8. The number of fused-ring (bicyclic) bond motifs is 9. The summed E-state index contributed by atoms with van der Waals surface area (Å²) in [6.45, 7) is 14.1. The van der Waals surface area contributed by atoms with Crippen molar-refractivity contribution in [2.24, 2.45) is 0 Å². The van der Waals surface area contributed by atoms with Gasteiger partial charge in [0.15, 0.2) is 0 Å². The Bertz CT molecular complexity index is 3290. The van der Waals surface area contributed by atoms with Gasteiger partial charge in [-0.05, 0) is 143 Å². The molecule has 0 heteroatoms. The molecule has 54 heavy (non-hydrogen) atoms. The minimum absolute atomic E-state index is 0.0163. The molecule has 0 aliphatic rings. The first kappa shape index (κ1) is 31.5. The third-order valence-electron chi connectivity index (χ3n) is 12.4. The fourth-order valence-corrected chi connectivity index (χ4v) is 9.72. The third kappa shape index (κ3) is 4.32. The van der Waals surface area contributed by atoms with E-state index < -0.39 is 0 Å². The molecule has 0 aliphatic carbocycles. The summed E-state index contributed by atoms with van der Waals surface area (Å²) >= 11 is 0. The van der Waals surface area contributed by atoms with E-state index in [2.05, 4.69) is 187 Å². The lowest BCUT2D eigenvalue weighted by Gasteiger charge is -2.27. The van der Waals surface area contributed by atoms with Crippen molar-refractivity contribution in [1.82, 2.24) is 0 Å². The summed E-state index contributed by atoms with van der Waals surface area (Å²) in [5.74, 6) is 0. The molecule has 0 spiro atoms. The fraction of sp³-hybridized carbons (Fsp3) is 0.148. The van der Waals surface area contributed by atoms with Crippen LogP contribution in [0.25, 0.3) is 108 Å². The summed E-state index contributed by atoms with van der Waals surface area (Å²) in [6.07, 6.45) is 0. The highest BCUT2D eigenvalue weighted by molar-refractivity contribution is 6.44. The Balaban J connectivity index is 1.48. The molecule has 0 nitrogen and oxygen atoms in total. The van der Waals surface area contributed by atoms with Gasteiger partial charge in [0.2, 0.25) is 0 Å². The van der Waals surface area contributed by atoms with E-state index in [1.807, 2.05) is 0 Å². The standard InChI is InChI=1S/C54H42/c1-53(2,3)36-27-35(28-37(29-36)54(4,5)6)47-45-30-44-39-19-10-9-18-38(39)40-20-13-23-43(49(40)44)50(45)48(34-25-24-31-14-7-8-15-33(31)26-34)52-42-22-12-17-32-16-11-21-41(46(32)42)51(47)52/h7-30H,1-6H3. The topological polar surface area (TPSA) is 0 Å². The first-order valence-corrected chi connectivity index (χ1v) is 19.4. The molecule has 0 amide bonds. The van der Waals surface area contributed by atoms with Crippen molar-refractivity contribution in [2.75, 3.05) is 0 Å². The largest absolute Gasteiger partial charge is 0.0616 e. The van der Waals surface area contributed by atoms with E-state index in [-0.39, 0.29) is 10.8 Å². The Kier molecular flexibility index (Phi) is 6.31. The predicted octanol–water partition coefficient (Wildman–Crippen LogP) is 15.7. The molecule has 258 valence electrons. The molecule has 0 atom stereocenters. The monoisotopic (exact) mass is 690 g/mol. The van der Waals surface area contributed by atoms with Crippen LogP contribution >= 0.6 is 0 Å². The van der Waals surface area contributed by atoms with Gasteiger partial charge in [0, 0.05) is 0 Å². The molecule has 11 rings (SSSR count). The van der Waals surface area contributed by atoms with E-state index in [0.29, 0.717) is 0 Å². The summed E-state index contributed by atoms with van der Waals surface area (Å²) in [7, 11) is 0. The van der Waals surface area contributed by atoms with Crippen LogP contribution in [0, 0.1) is 0 Å². The lowest BCUT2D eigenvalue weighted by atomic mass is 9.77. The molecule has 0 N–H and O–H groups in total. The van der Waals surface area contributed by atoms with Crippen molar-refractivity contribution in [2.45, 2.75) is 52.4 Å². The molecular weight excluding hydrogens is 649 g/mol. The van der Waals surface area contributed by atoms with E-state index in [4.69, 9.17) is 0 Å². The van der Waals surface area contributed by atoms with Crippen LogP contribution in [0.5, 0.6) is 0 Å². The number of hydrogen-bond donors (Lipinski definition) is 0. The first-order valence-electron chi connectivity index (χ1n) is 19.4. The molecule has 0 heterocycles. The molecule has 0 bridgehead atoms. The third-order valence-corrected chi connectivity index (χ3v) is 12.4. The van der Waals surface area contributed by atoms with E-state index in [1.54, 1.807) is 0 Å². The molecule has 11 aromatic carbocycles. The van der Waals surface area contributed by atoms with Gasteiger partial charge in [0.25, 0.3) is 0 Å². The zero-order chi connectivity index (χ0) is 36.7. The lowest BCUT2D eigenvalue weighted by Crippen LogP contribution is -2.16. The van der Waals surface area contributed by atoms with Gasteiger partial charge in [-0.25, -0.2) is 0 Å². The first-order chi connectivity index (χ1) is 26.1. The minimum atomic E-state index is -0.0163. The van der Waals surface area contributed by atoms with Gasteiger partial charge >= 0.3 is 0 Å². The smallest absolute Gasteiger partial charge is 0.000719 e. The summed E-state index contributed by atoms with van der Waals surface area (Å²) < 4.78 is 0. The van der Waals surface area contributed by atoms with Gasteiger partial charge in [0.05, 0.1) is 0 Å². The van der Waals surface area contributed by atoms with Crippen molar-refractivity contribution in [3.63, 3.8) is 0 Å². The van der Waals surface area contributed by atoms with Crippen molar-refractivity contribution >= 4 is 86.2 Å². The normalized spacial score (nSPS) is 13.0. The Hall–Kier alpha value is -5.98. The van der Waals surface area contributed by atoms with Gasteiger partial charge in [-0.15, -0.1) is 0 Å². The summed E-state index contributed by atoms with van der Waals surface area (Å²) in [6, 6.07) is 55.8. The van der Waals surface area contributed by atoms with Crippen LogP contribution in [0.1, 0.15) is 52.7 Å². The summed E-state index contributed by atoms with van der Waals surface area (Å²) in [5, 5.41) is 21.3. The molecule has 0 aromatic heterocycles. The van der Waals surface area contributed by atoms with Crippen molar-refractivity contribution in [3.05, 3.63) is 157 Å². The van der Waals surface area contributed by atoms with Gasteiger partial charge < -0.3 is 0 Å². The van der Waals surface area contributed by atoms with Gasteiger partial charge in [-0.1, -0.05) is 175 Å². The van der Waals surface area contributed by atoms with Crippen LogP contribution in [0.4, 0.5) is 0 Å². The zero-order valence-electron chi connectivity index (χ0n) is 31.9. The molecule has 0 radical (unpaired) electrons. The van der Waals surface area contributed by atoms with E-state index in [0.717, 1.165) is 0 Å². The van der Waals surface area contributed by atoms with Crippen LogP contribution < -0.4 is 0 Å². The molecule has 0 aliphatic heterocycles. The molecule has 0 fully saturated rings. The highest BCUT2D eigenvalue weighted by atomic mass is 14.3. The molecular formula is C54H42. The maximum Gasteiger partial charge on any atom is -0.000719 e. The highest BCUT2D eigenvalue weighted by Gasteiger charge is 2.28. The average Bonchev–Trinajstić information content (AvgIpc) is 3.67. The van der Waals surface area contributed by atoms with Crippen LogP contribution in [-0.4, -0.2) is 0 Å².